The smallest absolute Gasteiger partial charge is 0.168 e. The molecule has 0 fully saturated rings. The molecule has 2 aromatic carbocycles. The van der Waals surface area contributed by atoms with Crippen molar-refractivity contribution in [3.63, 3.8) is 0 Å². The summed E-state index contributed by atoms with van der Waals surface area (Å²) in [5, 5.41) is 23.8. The van der Waals surface area contributed by atoms with Gasteiger partial charge in [-0.3, -0.25) is 5.10 Å². The van der Waals surface area contributed by atoms with Crippen LogP contribution in [0.15, 0.2) is 54.6 Å². The molecule has 29 heavy (non-hydrogen) atoms. The number of aromatic nitrogens is 4. The van der Waals surface area contributed by atoms with Crippen LogP contribution in [0.2, 0.25) is 10.2 Å². The quantitative estimate of drug-likeness (QED) is 0.335. The molecular formula is C20H15Cl2N7. The third kappa shape index (κ3) is 4.19. The predicted octanol–water partition coefficient (Wildman–Crippen LogP) is 5.33. The fraction of sp³-hybridized carbons (Fsp3) is 0.0500. The topological polar surface area (TPSA) is 105 Å². The van der Waals surface area contributed by atoms with Crippen molar-refractivity contribution in [3.05, 3.63) is 76.0 Å². The summed E-state index contributed by atoms with van der Waals surface area (Å²) in [6, 6.07) is 19.0. The normalized spacial score (nSPS) is 10.5. The Morgan fingerprint density at radius 2 is 1.90 bits per heavy atom. The van der Waals surface area contributed by atoms with Crippen LogP contribution >= 0.6 is 23.2 Å². The summed E-state index contributed by atoms with van der Waals surface area (Å²) in [7, 11) is 0. The number of benzene rings is 2. The number of nitriles is 1. The Hall–Kier alpha value is -3.47. The molecule has 4 N–H and O–H groups in total. The summed E-state index contributed by atoms with van der Waals surface area (Å²) >= 11 is 12.3. The van der Waals surface area contributed by atoms with Crippen molar-refractivity contribution in [1.82, 2.24) is 20.2 Å². The summed E-state index contributed by atoms with van der Waals surface area (Å²) < 4.78 is 0. The van der Waals surface area contributed by atoms with Crippen molar-refractivity contribution in [3.8, 4) is 17.5 Å². The first kappa shape index (κ1) is 18.9. The van der Waals surface area contributed by atoms with Crippen LogP contribution < -0.4 is 10.6 Å². The van der Waals surface area contributed by atoms with Gasteiger partial charge in [-0.25, -0.2) is 4.98 Å². The minimum Gasteiger partial charge on any atom is -0.362 e. The minimum atomic E-state index is 0.328. The molecule has 0 aliphatic carbocycles. The van der Waals surface area contributed by atoms with E-state index >= 15 is 0 Å². The molecule has 0 spiro atoms. The number of hydrogen-bond acceptors (Lipinski definition) is 5. The average Bonchev–Trinajstić information content (AvgIpc) is 3.29. The van der Waals surface area contributed by atoms with E-state index in [1.807, 2.05) is 42.5 Å². The van der Waals surface area contributed by atoms with Crippen molar-refractivity contribution >= 4 is 40.5 Å². The molecule has 144 valence electrons. The summed E-state index contributed by atoms with van der Waals surface area (Å²) in [6.07, 6.45) is 0. The molecule has 2 aromatic heterocycles. The summed E-state index contributed by atoms with van der Waals surface area (Å²) in [4.78, 5) is 7.56. The Balaban J connectivity index is 1.50. The fourth-order valence-electron chi connectivity index (χ4n) is 2.79. The molecular weight excluding hydrogens is 409 g/mol. The van der Waals surface area contributed by atoms with Gasteiger partial charge < -0.3 is 15.6 Å². The number of imidazole rings is 1. The van der Waals surface area contributed by atoms with Crippen molar-refractivity contribution < 1.29 is 0 Å². The second-order valence-corrected chi connectivity index (χ2v) is 6.94. The van der Waals surface area contributed by atoms with Gasteiger partial charge in [0.05, 0.1) is 12.2 Å². The minimum absolute atomic E-state index is 0.328. The van der Waals surface area contributed by atoms with E-state index in [0.29, 0.717) is 45.4 Å². The van der Waals surface area contributed by atoms with Crippen LogP contribution in [0, 0.1) is 11.3 Å². The largest absolute Gasteiger partial charge is 0.362 e. The van der Waals surface area contributed by atoms with Gasteiger partial charge in [-0.2, -0.15) is 10.4 Å². The van der Waals surface area contributed by atoms with Crippen LogP contribution in [0.5, 0.6) is 0 Å². The molecule has 4 aromatic rings. The lowest BCUT2D eigenvalue weighted by atomic mass is 10.2. The monoisotopic (exact) mass is 423 g/mol. The van der Waals surface area contributed by atoms with E-state index in [0.717, 1.165) is 11.3 Å². The highest BCUT2D eigenvalue weighted by molar-refractivity contribution is 6.31. The van der Waals surface area contributed by atoms with Gasteiger partial charge in [0.1, 0.15) is 23.3 Å². The zero-order chi connectivity index (χ0) is 20.2. The first-order chi connectivity index (χ1) is 14.1. The Morgan fingerprint density at radius 1 is 1.07 bits per heavy atom. The van der Waals surface area contributed by atoms with E-state index in [1.165, 1.54) is 0 Å². The Kier molecular flexibility index (Phi) is 5.38. The molecule has 0 bridgehead atoms. The zero-order valence-corrected chi connectivity index (χ0v) is 16.5. The van der Waals surface area contributed by atoms with Gasteiger partial charge in [-0.1, -0.05) is 59.6 Å². The summed E-state index contributed by atoms with van der Waals surface area (Å²) in [5.74, 6) is 1.56. The number of hydrogen-bond donors (Lipinski definition) is 4. The molecule has 0 atom stereocenters. The standard InChI is InChI=1S/C20H15Cl2N7/c21-13-7-4-8-14(9-13)25-20-15(10-23)19(28-29-20)24-11-16-17(22)27-18(26-16)12-5-2-1-3-6-12/h1-9H,11H2,(H,26,27)(H3,24,25,28,29). The Morgan fingerprint density at radius 3 is 2.66 bits per heavy atom. The second kappa shape index (κ2) is 8.27. The molecule has 9 heteroatoms. The van der Waals surface area contributed by atoms with Gasteiger partial charge >= 0.3 is 0 Å². The average molecular weight is 424 g/mol. The SMILES string of the molecule is N#Cc1c(NCc2[nH]c(-c3ccccc3)nc2Cl)n[nH]c1Nc1cccc(Cl)c1. The van der Waals surface area contributed by atoms with Gasteiger partial charge in [0, 0.05) is 16.3 Å². The van der Waals surface area contributed by atoms with Crippen LogP contribution in [-0.4, -0.2) is 20.2 Å². The molecule has 2 heterocycles. The van der Waals surface area contributed by atoms with Crippen LogP contribution in [0.4, 0.5) is 17.3 Å². The third-order valence-corrected chi connectivity index (χ3v) is 4.73. The first-order valence-corrected chi connectivity index (χ1v) is 9.44. The van der Waals surface area contributed by atoms with Crippen molar-refractivity contribution in [1.29, 1.82) is 5.26 Å². The molecule has 0 radical (unpaired) electrons. The maximum absolute atomic E-state index is 9.56. The number of nitrogens with one attached hydrogen (secondary N) is 4. The molecule has 0 saturated heterocycles. The van der Waals surface area contributed by atoms with Crippen LogP contribution in [0.3, 0.4) is 0 Å². The van der Waals surface area contributed by atoms with Crippen LogP contribution in [0.1, 0.15) is 11.3 Å². The number of H-pyrrole nitrogens is 2. The maximum atomic E-state index is 9.56. The summed E-state index contributed by atoms with van der Waals surface area (Å²) in [6.45, 7) is 0.328. The zero-order valence-electron chi connectivity index (χ0n) is 15.0. The number of aromatic amines is 2. The van der Waals surface area contributed by atoms with Gasteiger partial charge in [0.25, 0.3) is 0 Å². The van der Waals surface area contributed by atoms with Gasteiger partial charge in [0.2, 0.25) is 0 Å². The highest BCUT2D eigenvalue weighted by Crippen LogP contribution is 2.26. The lowest BCUT2D eigenvalue weighted by Crippen LogP contribution is -2.02. The van der Waals surface area contributed by atoms with Crippen molar-refractivity contribution in [2.45, 2.75) is 6.54 Å². The van der Waals surface area contributed by atoms with Crippen molar-refractivity contribution in [2.24, 2.45) is 0 Å². The summed E-state index contributed by atoms with van der Waals surface area (Å²) in [5.41, 5.74) is 2.73. The Labute approximate surface area is 176 Å². The highest BCUT2D eigenvalue weighted by Gasteiger charge is 2.15. The molecule has 0 saturated carbocycles. The fourth-order valence-corrected chi connectivity index (χ4v) is 3.18. The molecule has 0 aliphatic rings. The lowest BCUT2D eigenvalue weighted by Gasteiger charge is -2.05. The molecule has 0 amide bonds. The van der Waals surface area contributed by atoms with E-state index in [2.05, 4.69) is 36.9 Å². The van der Waals surface area contributed by atoms with Crippen LogP contribution in [0.25, 0.3) is 11.4 Å². The highest BCUT2D eigenvalue weighted by atomic mass is 35.5. The number of halogens is 2. The van der Waals surface area contributed by atoms with E-state index in [4.69, 9.17) is 23.2 Å². The molecule has 4 rings (SSSR count). The number of anilines is 3. The third-order valence-electron chi connectivity index (χ3n) is 4.18. The molecule has 7 nitrogen and oxygen atoms in total. The number of rotatable bonds is 6. The van der Waals surface area contributed by atoms with Gasteiger partial charge in [0.15, 0.2) is 11.0 Å². The van der Waals surface area contributed by atoms with Crippen molar-refractivity contribution in [2.75, 3.05) is 10.6 Å². The van der Waals surface area contributed by atoms with E-state index in [9.17, 15) is 5.26 Å². The van der Waals surface area contributed by atoms with Gasteiger partial charge in [-0.15, -0.1) is 0 Å². The van der Waals surface area contributed by atoms with E-state index in [-0.39, 0.29) is 0 Å². The van der Waals surface area contributed by atoms with Gasteiger partial charge in [-0.05, 0) is 18.2 Å². The van der Waals surface area contributed by atoms with Crippen LogP contribution in [-0.2, 0) is 6.54 Å². The second-order valence-electron chi connectivity index (χ2n) is 6.14. The first-order valence-electron chi connectivity index (χ1n) is 8.69. The lowest BCUT2D eigenvalue weighted by molar-refractivity contribution is 1.02. The maximum Gasteiger partial charge on any atom is 0.168 e. The molecule has 0 aliphatic heterocycles. The molecule has 0 unspecified atom stereocenters. The number of nitrogens with zero attached hydrogens (tertiary/aromatic N) is 3. The predicted molar refractivity (Wildman–Crippen MR) is 114 cm³/mol. The van der Waals surface area contributed by atoms with E-state index < -0.39 is 0 Å². The van der Waals surface area contributed by atoms with E-state index in [1.54, 1.807) is 12.1 Å². The Bertz CT molecular complexity index is 1180.